The second kappa shape index (κ2) is 10.2. The maximum Gasteiger partial charge on any atom is 0.0757 e. The topological polar surface area (TPSA) is 40.1 Å². The summed E-state index contributed by atoms with van der Waals surface area (Å²) >= 11 is 0. The van der Waals surface area contributed by atoms with Gasteiger partial charge in [-0.3, -0.25) is 0 Å². The summed E-state index contributed by atoms with van der Waals surface area (Å²) in [4.78, 5) is 9.97. The van der Waals surface area contributed by atoms with Crippen molar-refractivity contribution in [3.63, 3.8) is 0 Å². The summed E-state index contributed by atoms with van der Waals surface area (Å²) in [5.41, 5.74) is 0.245. The fraction of sp³-hybridized carbons (Fsp3) is 0.938. The molecule has 3 nitrogen and oxygen atoms in total. The average Bonchev–Trinajstić information content (AvgIpc) is 2.31. The summed E-state index contributed by atoms with van der Waals surface area (Å²) in [5, 5.41) is 9.97. The standard InChI is InChI=1S/C8H20N.C8H16O2/c1-5-9(6-2,7-3)8-4;1-8(2,3)6-4-5-7(9)10/h5-8H2,1-4H3;4-6H2,1-3H3,(H,9,10)/q+1;/p-1. The highest BCUT2D eigenvalue weighted by Gasteiger charge is 2.16. The molecule has 0 unspecified atom stereocenters. The molecule has 0 amide bonds. The van der Waals surface area contributed by atoms with Gasteiger partial charge in [0, 0.05) is 5.97 Å². The van der Waals surface area contributed by atoms with Crippen molar-refractivity contribution in [3.8, 4) is 0 Å². The van der Waals surface area contributed by atoms with Gasteiger partial charge < -0.3 is 14.4 Å². The molecule has 0 aliphatic rings. The molecular weight excluding hydrogens is 238 g/mol. The average molecular weight is 273 g/mol. The van der Waals surface area contributed by atoms with Crippen molar-refractivity contribution in [2.24, 2.45) is 5.41 Å². The molecule has 0 aliphatic heterocycles. The number of hydrogen-bond donors (Lipinski definition) is 0. The van der Waals surface area contributed by atoms with Crippen molar-refractivity contribution >= 4 is 5.97 Å². The van der Waals surface area contributed by atoms with E-state index in [1.54, 1.807) is 0 Å². The molecule has 0 heterocycles. The van der Waals surface area contributed by atoms with Gasteiger partial charge in [-0.2, -0.15) is 0 Å². The van der Waals surface area contributed by atoms with Crippen molar-refractivity contribution < 1.29 is 14.4 Å². The Morgan fingerprint density at radius 2 is 1.32 bits per heavy atom. The molecular formula is C16H35NO2. The monoisotopic (exact) mass is 273 g/mol. The Morgan fingerprint density at radius 1 is 0.947 bits per heavy atom. The third kappa shape index (κ3) is 12.2. The lowest BCUT2D eigenvalue weighted by atomic mass is 9.90. The van der Waals surface area contributed by atoms with E-state index in [4.69, 9.17) is 0 Å². The Bertz CT molecular complexity index is 210. The smallest absolute Gasteiger partial charge is 0.0757 e. The zero-order valence-corrected chi connectivity index (χ0v) is 14.2. The molecule has 0 radical (unpaired) electrons. The number of hydrogen-bond acceptors (Lipinski definition) is 2. The van der Waals surface area contributed by atoms with Crippen LogP contribution in [0.5, 0.6) is 0 Å². The second-order valence-electron chi connectivity index (χ2n) is 6.39. The van der Waals surface area contributed by atoms with Crippen LogP contribution in [0.4, 0.5) is 0 Å². The first-order valence-corrected chi connectivity index (χ1v) is 7.71. The highest BCUT2D eigenvalue weighted by Crippen LogP contribution is 2.20. The Balaban J connectivity index is 0. The number of carbonyl (C=O) groups is 1. The number of carbonyl (C=O) groups excluding carboxylic acids is 1. The van der Waals surface area contributed by atoms with Gasteiger partial charge in [-0.1, -0.05) is 20.8 Å². The van der Waals surface area contributed by atoms with Gasteiger partial charge >= 0.3 is 0 Å². The molecule has 0 bridgehead atoms. The van der Waals surface area contributed by atoms with Crippen LogP contribution in [0.1, 0.15) is 67.7 Å². The van der Waals surface area contributed by atoms with Crippen LogP contribution in [-0.4, -0.2) is 36.6 Å². The minimum absolute atomic E-state index is 0.192. The van der Waals surface area contributed by atoms with Crippen molar-refractivity contribution in [2.75, 3.05) is 26.2 Å². The molecule has 19 heavy (non-hydrogen) atoms. The van der Waals surface area contributed by atoms with Crippen LogP contribution in [0.3, 0.4) is 0 Å². The van der Waals surface area contributed by atoms with Crippen LogP contribution in [0.25, 0.3) is 0 Å². The lowest BCUT2D eigenvalue weighted by Crippen LogP contribution is -2.47. The molecule has 3 heteroatoms. The van der Waals surface area contributed by atoms with Gasteiger partial charge in [0.2, 0.25) is 0 Å². The van der Waals surface area contributed by atoms with Crippen molar-refractivity contribution in [1.29, 1.82) is 0 Å². The Kier molecular flexibility index (Phi) is 11.2. The van der Waals surface area contributed by atoms with Crippen molar-refractivity contribution in [1.82, 2.24) is 0 Å². The fourth-order valence-corrected chi connectivity index (χ4v) is 2.10. The zero-order valence-electron chi connectivity index (χ0n) is 14.2. The Morgan fingerprint density at radius 3 is 1.47 bits per heavy atom. The van der Waals surface area contributed by atoms with E-state index in [-0.39, 0.29) is 11.8 Å². The van der Waals surface area contributed by atoms with Gasteiger partial charge in [-0.05, 0) is 52.4 Å². The number of quaternary nitrogens is 1. The van der Waals surface area contributed by atoms with Crippen LogP contribution in [0.2, 0.25) is 0 Å². The Hall–Kier alpha value is -0.570. The van der Waals surface area contributed by atoms with E-state index >= 15 is 0 Å². The first-order chi connectivity index (χ1) is 8.66. The second-order valence-corrected chi connectivity index (χ2v) is 6.39. The molecule has 0 saturated carbocycles. The number of aliphatic carboxylic acids is 1. The third-order valence-corrected chi connectivity index (χ3v) is 3.99. The number of carboxylic acid groups (broad SMARTS) is 1. The van der Waals surface area contributed by atoms with E-state index in [0.717, 1.165) is 12.8 Å². The molecule has 0 fully saturated rings. The van der Waals surface area contributed by atoms with E-state index in [1.807, 2.05) is 0 Å². The van der Waals surface area contributed by atoms with Gasteiger partial charge in [-0.15, -0.1) is 0 Å². The molecule has 0 atom stereocenters. The summed E-state index contributed by atoms with van der Waals surface area (Å²) in [6, 6.07) is 0. The van der Waals surface area contributed by atoms with E-state index < -0.39 is 5.97 Å². The molecule has 0 aromatic rings. The normalized spacial score (nSPS) is 11.7. The van der Waals surface area contributed by atoms with E-state index in [0.29, 0.717) is 0 Å². The van der Waals surface area contributed by atoms with Gasteiger partial charge in [0.05, 0.1) is 26.2 Å². The molecule has 0 saturated heterocycles. The SMILES string of the molecule is CC(C)(C)CCCC(=O)[O-].CC[N+](CC)(CC)CC. The van der Waals surface area contributed by atoms with Crippen LogP contribution in [-0.2, 0) is 4.79 Å². The summed E-state index contributed by atoms with van der Waals surface area (Å²) in [6.45, 7) is 20.5. The molecule has 116 valence electrons. The lowest BCUT2D eigenvalue weighted by molar-refractivity contribution is -0.921. The summed E-state index contributed by atoms with van der Waals surface area (Å²) in [6.07, 6.45) is 1.87. The van der Waals surface area contributed by atoms with E-state index in [2.05, 4.69) is 48.5 Å². The van der Waals surface area contributed by atoms with Crippen LogP contribution in [0, 0.1) is 5.41 Å². The molecule has 0 spiro atoms. The van der Waals surface area contributed by atoms with Crippen LogP contribution in [0.15, 0.2) is 0 Å². The number of carboxylic acids is 1. The molecule has 0 rings (SSSR count). The molecule has 0 aromatic carbocycles. The van der Waals surface area contributed by atoms with Gasteiger partial charge in [0.25, 0.3) is 0 Å². The van der Waals surface area contributed by atoms with Gasteiger partial charge in [0.1, 0.15) is 0 Å². The fourth-order valence-electron chi connectivity index (χ4n) is 2.10. The summed E-state index contributed by atoms with van der Waals surface area (Å²) in [7, 11) is 0. The minimum Gasteiger partial charge on any atom is -0.550 e. The van der Waals surface area contributed by atoms with Crippen LogP contribution >= 0.6 is 0 Å². The third-order valence-electron chi connectivity index (χ3n) is 3.99. The summed E-state index contributed by atoms with van der Waals surface area (Å²) < 4.78 is 1.28. The first kappa shape index (κ1) is 20.7. The lowest BCUT2D eigenvalue weighted by Gasteiger charge is -2.34. The van der Waals surface area contributed by atoms with Gasteiger partial charge in [0.15, 0.2) is 0 Å². The predicted octanol–water partition coefficient (Wildman–Crippen LogP) is 2.84. The van der Waals surface area contributed by atoms with E-state index in [9.17, 15) is 9.90 Å². The quantitative estimate of drug-likeness (QED) is 0.669. The van der Waals surface area contributed by atoms with Gasteiger partial charge in [-0.25, -0.2) is 0 Å². The highest BCUT2D eigenvalue weighted by atomic mass is 16.4. The number of rotatable bonds is 7. The maximum atomic E-state index is 9.97. The van der Waals surface area contributed by atoms with E-state index in [1.165, 1.54) is 30.7 Å². The molecule has 0 aromatic heterocycles. The minimum atomic E-state index is -0.941. The van der Waals surface area contributed by atoms with Crippen molar-refractivity contribution in [3.05, 3.63) is 0 Å². The summed E-state index contributed by atoms with van der Waals surface area (Å²) in [5.74, 6) is -0.941. The number of nitrogens with zero attached hydrogens (tertiary/aromatic N) is 1. The molecule has 0 aliphatic carbocycles. The highest BCUT2D eigenvalue weighted by molar-refractivity contribution is 5.64. The largest absolute Gasteiger partial charge is 0.550 e. The predicted molar refractivity (Wildman–Crippen MR) is 80.7 cm³/mol. The molecule has 0 N–H and O–H groups in total. The maximum absolute atomic E-state index is 9.97. The Labute approximate surface area is 120 Å². The zero-order chi connectivity index (χ0) is 15.5. The van der Waals surface area contributed by atoms with Crippen molar-refractivity contribution in [2.45, 2.75) is 67.7 Å². The first-order valence-electron chi connectivity index (χ1n) is 7.71. The van der Waals surface area contributed by atoms with Crippen LogP contribution < -0.4 is 5.11 Å².